The lowest BCUT2D eigenvalue weighted by Gasteiger charge is -2.31. The van der Waals surface area contributed by atoms with E-state index in [9.17, 15) is 0 Å². The van der Waals surface area contributed by atoms with Crippen LogP contribution in [-0.2, 0) is 5.41 Å². The average molecular weight is 702 g/mol. The molecule has 1 unspecified atom stereocenters. The van der Waals surface area contributed by atoms with Crippen LogP contribution in [0.25, 0.3) is 55.6 Å². The highest BCUT2D eigenvalue weighted by Gasteiger charge is 2.52. The maximum Gasteiger partial charge on any atom is 0.0726 e. The minimum Gasteiger partial charge on any atom is -0.0622 e. The predicted octanol–water partition coefficient (Wildman–Crippen LogP) is 12.6. The van der Waals surface area contributed by atoms with E-state index in [1.807, 2.05) is 0 Å². The molecule has 2 heteroatoms. The highest BCUT2D eigenvalue weighted by atomic mass is 79.9. The molecule has 0 N–H and O–H groups in total. The van der Waals surface area contributed by atoms with Crippen LogP contribution in [0.3, 0.4) is 0 Å². The van der Waals surface area contributed by atoms with Gasteiger partial charge in [-0.25, -0.2) is 0 Å². The Labute approximate surface area is 280 Å². The van der Waals surface area contributed by atoms with Gasteiger partial charge in [-0.3, -0.25) is 0 Å². The first-order valence-electron chi connectivity index (χ1n) is 15.2. The van der Waals surface area contributed by atoms with Crippen molar-refractivity contribution in [3.8, 4) is 55.6 Å². The van der Waals surface area contributed by atoms with Crippen LogP contribution in [0.4, 0.5) is 0 Å². The fourth-order valence-corrected chi connectivity index (χ4v) is 8.94. The molecular formula is C43H26Br2. The van der Waals surface area contributed by atoms with E-state index in [-0.39, 0.29) is 0 Å². The smallest absolute Gasteiger partial charge is 0.0622 e. The zero-order valence-corrected chi connectivity index (χ0v) is 27.4. The Morgan fingerprint density at radius 1 is 0.289 bits per heavy atom. The number of hydrogen-bond acceptors (Lipinski definition) is 0. The number of rotatable bonds is 3. The highest BCUT2D eigenvalue weighted by Crippen LogP contribution is 2.64. The number of benzene rings is 7. The molecule has 212 valence electrons. The van der Waals surface area contributed by atoms with Gasteiger partial charge in [-0.1, -0.05) is 165 Å². The lowest BCUT2D eigenvalue weighted by Crippen LogP contribution is -2.26. The Kier molecular flexibility index (Phi) is 6.13. The first-order valence-corrected chi connectivity index (χ1v) is 16.8. The number of fused-ring (bicyclic) bond motifs is 10. The molecule has 0 saturated carbocycles. The number of halogens is 2. The monoisotopic (exact) mass is 700 g/mol. The minimum atomic E-state index is -0.421. The molecule has 0 amide bonds. The Hall–Kier alpha value is -4.50. The van der Waals surface area contributed by atoms with Gasteiger partial charge in [0.25, 0.3) is 0 Å². The third-order valence-corrected chi connectivity index (χ3v) is 11.0. The fourth-order valence-electron chi connectivity index (χ4n) is 7.81. The molecule has 0 bridgehead atoms. The van der Waals surface area contributed by atoms with Gasteiger partial charge in [0.05, 0.1) is 5.41 Å². The molecular weight excluding hydrogens is 676 g/mol. The van der Waals surface area contributed by atoms with E-state index in [0.29, 0.717) is 0 Å². The molecule has 2 aliphatic carbocycles. The minimum absolute atomic E-state index is 0.421. The summed E-state index contributed by atoms with van der Waals surface area (Å²) in [6, 6.07) is 57.7. The molecule has 7 aromatic carbocycles. The van der Waals surface area contributed by atoms with Crippen LogP contribution in [-0.4, -0.2) is 0 Å². The van der Waals surface area contributed by atoms with E-state index >= 15 is 0 Å². The summed E-state index contributed by atoms with van der Waals surface area (Å²) in [6.07, 6.45) is 0. The molecule has 1 spiro atoms. The molecule has 2 aliphatic rings. The molecule has 9 rings (SSSR count). The fraction of sp³-hybridized carbons (Fsp3) is 0.0233. The quantitative estimate of drug-likeness (QED) is 0.172. The second kappa shape index (κ2) is 10.3. The van der Waals surface area contributed by atoms with E-state index in [4.69, 9.17) is 0 Å². The lowest BCUT2D eigenvalue weighted by atomic mass is 9.70. The van der Waals surface area contributed by atoms with Crippen LogP contribution in [0, 0.1) is 0 Å². The van der Waals surface area contributed by atoms with Crippen molar-refractivity contribution in [3.63, 3.8) is 0 Å². The van der Waals surface area contributed by atoms with Gasteiger partial charge in [0.2, 0.25) is 0 Å². The Balaban J connectivity index is 1.34. The molecule has 0 aliphatic heterocycles. The molecule has 0 fully saturated rings. The molecule has 45 heavy (non-hydrogen) atoms. The van der Waals surface area contributed by atoms with Crippen molar-refractivity contribution in [1.29, 1.82) is 0 Å². The SMILES string of the molecule is Brc1cc2c(cc1-c1ccccc1)-c1ccccc1C21c2ccccc2-c2cc(-c3ccccc3-c3ccccc3)c(Br)cc21. The van der Waals surface area contributed by atoms with Crippen LogP contribution >= 0.6 is 31.9 Å². The van der Waals surface area contributed by atoms with Crippen molar-refractivity contribution in [3.05, 3.63) is 189 Å². The van der Waals surface area contributed by atoms with E-state index in [2.05, 4.69) is 190 Å². The third-order valence-electron chi connectivity index (χ3n) is 9.65. The summed E-state index contributed by atoms with van der Waals surface area (Å²) in [7, 11) is 0. The molecule has 7 aromatic rings. The lowest BCUT2D eigenvalue weighted by molar-refractivity contribution is 0.792. The molecule has 0 radical (unpaired) electrons. The zero-order chi connectivity index (χ0) is 30.1. The Bertz CT molecular complexity index is 2280. The molecule has 0 saturated heterocycles. The van der Waals surface area contributed by atoms with Crippen LogP contribution in [0.2, 0.25) is 0 Å². The van der Waals surface area contributed by atoms with Gasteiger partial charge in [-0.15, -0.1) is 0 Å². The van der Waals surface area contributed by atoms with Gasteiger partial charge in [-0.05, 0) is 102 Å². The van der Waals surface area contributed by atoms with Crippen molar-refractivity contribution in [1.82, 2.24) is 0 Å². The summed E-state index contributed by atoms with van der Waals surface area (Å²) in [5.41, 5.74) is 17.4. The third kappa shape index (κ3) is 3.83. The second-order valence-electron chi connectivity index (χ2n) is 11.9. The second-order valence-corrected chi connectivity index (χ2v) is 13.6. The highest BCUT2D eigenvalue weighted by molar-refractivity contribution is 9.11. The van der Waals surface area contributed by atoms with Crippen LogP contribution in [0.15, 0.2) is 167 Å². The topological polar surface area (TPSA) is 0 Å². The zero-order valence-electron chi connectivity index (χ0n) is 24.3. The van der Waals surface area contributed by atoms with Gasteiger partial charge in [0.15, 0.2) is 0 Å². The molecule has 0 aromatic heterocycles. The van der Waals surface area contributed by atoms with E-state index < -0.39 is 5.41 Å². The maximum absolute atomic E-state index is 4.10. The van der Waals surface area contributed by atoms with Crippen LogP contribution in [0.5, 0.6) is 0 Å². The predicted molar refractivity (Wildman–Crippen MR) is 194 cm³/mol. The molecule has 0 nitrogen and oxygen atoms in total. The standard InChI is InChI=1S/C43H26Br2/c44-41-25-39-34(23-33(41)28-15-5-2-6-16-28)31-19-9-11-21-37(31)43(39)38-22-12-10-20-32(38)35-24-36(42(45)26-40(35)43)30-18-8-7-17-29(30)27-13-3-1-4-14-27/h1-26H. The van der Waals surface area contributed by atoms with Crippen LogP contribution < -0.4 is 0 Å². The van der Waals surface area contributed by atoms with Crippen molar-refractivity contribution in [2.75, 3.05) is 0 Å². The average Bonchev–Trinajstić information content (AvgIpc) is 3.54. The van der Waals surface area contributed by atoms with E-state index in [1.165, 1.54) is 77.9 Å². The Morgan fingerprint density at radius 2 is 0.689 bits per heavy atom. The summed E-state index contributed by atoms with van der Waals surface area (Å²) >= 11 is 8.12. The number of hydrogen-bond donors (Lipinski definition) is 0. The van der Waals surface area contributed by atoms with Crippen molar-refractivity contribution < 1.29 is 0 Å². The van der Waals surface area contributed by atoms with Gasteiger partial charge < -0.3 is 0 Å². The van der Waals surface area contributed by atoms with Crippen molar-refractivity contribution in [2.24, 2.45) is 0 Å². The van der Waals surface area contributed by atoms with Gasteiger partial charge in [-0.2, -0.15) is 0 Å². The molecule has 1 atom stereocenters. The van der Waals surface area contributed by atoms with E-state index in [1.54, 1.807) is 0 Å². The van der Waals surface area contributed by atoms with Crippen molar-refractivity contribution >= 4 is 31.9 Å². The summed E-state index contributed by atoms with van der Waals surface area (Å²) in [5, 5.41) is 0. The van der Waals surface area contributed by atoms with E-state index in [0.717, 1.165) is 8.95 Å². The van der Waals surface area contributed by atoms with Crippen LogP contribution in [0.1, 0.15) is 22.3 Å². The first kappa shape index (κ1) is 26.9. The van der Waals surface area contributed by atoms with Gasteiger partial charge in [0, 0.05) is 8.95 Å². The largest absolute Gasteiger partial charge is 0.0726 e. The summed E-state index contributed by atoms with van der Waals surface area (Å²) in [5.74, 6) is 0. The maximum atomic E-state index is 4.10. The Morgan fingerprint density at radius 3 is 1.24 bits per heavy atom. The normalized spacial score (nSPS) is 15.4. The van der Waals surface area contributed by atoms with Crippen molar-refractivity contribution in [2.45, 2.75) is 5.41 Å². The van der Waals surface area contributed by atoms with Gasteiger partial charge in [0.1, 0.15) is 0 Å². The van der Waals surface area contributed by atoms with Gasteiger partial charge >= 0.3 is 0 Å². The summed E-state index contributed by atoms with van der Waals surface area (Å²) in [6.45, 7) is 0. The molecule has 0 heterocycles. The first-order chi connectivity index (χ1) is 22.2. The summed E-state index contributed by atoms with van der Waals surface area (Å²) < 4.78 is 2.21. The summed E-state index contributed by atoms with van der Waals surface area (Å²) in [4.78, 5) is 0.